The lowest BCUT2D eigenvalue weighted by molar-refractivity contribution is -0.141. The van der Waals surface area contributed by atoms with Gasteiger partial charge in [0.2, 0.25) is 0 Å². The Hall–Kier alpha value is -3.07. The van der Waals surface area contributed by atoms with Crippen molar-refractivity contribution in [1.29, 1.82) is 0 Å². The Morgan fingerprint density at radius 3 is 2.79 bits per heavy atom. The number of rotatable bonds is 4. The smallest absolute Gasteiger partial charge is 0.420 e. The number of aromatic nitrogens is 1. The number of hydrogen-bond acceptors (Lipinski definition) is 6. The first-order chi connectivity index (χ1) is 13.4. The fourth-order valence-corrected chi connectivity index (χ4v) is 4.98. The molecule has 1 aromatic heterocycles. The normalized spacial score (nSPS) is 14.1. The van der Waals surface area contributed by atoms with Crippen LogP contribution in [-0.4, -0.2) is 32.6 Å². The van der Waals surface area contributed by atoms with Crippen molar-refractivity contribution in [1.82, 2.24) is 4.57 Å². The molecule has 0 bridgehead atoms. The van der Waals surface area contributed by atoms with Gasteiger partial charge in [-0.25, -0.2) is 13.2 Å². The van der Waals surface area contributed by atoms with E-state index >= 15 is 0 Å². The van der Waals surface area contributed by atoms with Gasteiger partial charge in [-0.1, -0.05) is 18.2 Å². The summed E-state index contributed by atoms with van der Waals surface area (Å²) in [6.07, 6.45) is 1.55. The van der Waals surface area contributed by atoms with Crippen molar-refractivity contribution in [2.75, 3.05) is 18.0 Å². The Morgan fingerprint density at radius 2 is 2.00 bits per heavy atom. The Balaban J connectivity index is 1.77. The highest BCUT2D eigenvalue weighted by molar-refractivity contribution is 7.92. The number of hydrogen-bond donors (Lipinski definition) is 0. The molecule has 0 radical (unpaired) electrons. The van der Waals surface area contributed by atoms with E-state index in [2.05, 4.69) is 4.74 Å². The average Bonchev–Trinajstić information content (AvgIpc) is 3.01. The minimum atomic E-state index is -3.83. The third kappa shape index (κ3) is 2.97. The monoisotopic (exact) mass is 402 g/mol. The van der Waals surface area contributed by atoms with Crippen molar-refractivity contribution in [3.8, 4) is 0 Å². The molecule has 0 unspecified atom stereocenters. The van der Waals surface area contributed by atoms with E-state index in [-0.39, 0.29) is 17.0 Å². The summed E-state index contributed by atoms with van der Waals surface area (Å²) in [7, 11) is -2.61. The number of benzene rings is 2. The van der Waals surface area contributed by atoms with Crippen LogP contribution < -0.4 is 10.1 Å². The minimum absolute atomic E-state index is 0.0238. The Bertz CT molecular complexity index is 1220. The number of oxazole rings is 1. The molecule has 0 fully saturated rings. The second-order valence-electron chi connectivity index (χ2n) is 6.47. The zero-order valence-electron chi connectivity index (χ0n) is 15.1. The van der Waals surface area contributed by atoms with Crippen LogP contribution >= 0.6 is 0 Å². The maximum absolute atomic E-state index is 13.2. The number of esters is 1. The molecule has 0 aliphatic carbocycles. The quantitative estimate of drug-likeness (QED) is 0.618. The van der Waals surface area contributed by atoms with E-state index in [9.17, 15) is 18.0 Å². The lowest BCUT2D eigenvalue weighted by Gasteiger charge is -2.30. The van der Waals surface area contributed by atoms with Gasteiger partial charge in [-0.3, -0.25) is 13.7 Å². The van der Waals surface area contributed by atoms with Crippen LogP contribution in [0.25, 0.3) is 11.1 Å². The number of carbonyl (C=O) groups excluding carboxylic acids is 1. The van der Waals surface area contributed by atoms with Crippen LogP contribution in [-0.2, 0) is 32.5 Å². The summed E-state index contributed by atoms with van der Waals surface area (Å²) >= 11 is 0. The van der Waals surface area contributed by atoms with Crippen LogP contribution in [0.3, 0.4) is 0 Å². The van der Waals surface area contributed by atoms with Gasteiger partial charge in [-0.05, 0) is 36.6 Å². The molecular weight excluding hydrogens is 384 g/mol. The maximum Gasteiger partial charge on any atom is 0.420 e. The van der Waals surface area contributed by atoms with Gasteiger partial charge in [0.25, 0.3) is 10.0 Å². The van der Waals surface area contributed by atoms with E-state index in [1.807, 2.05) is 18.2 Å². The van der Waals surface area contributed by atoms with Crippen molar-refractivity contribution >= 4 is 32.8 Å². The summed E-state index contributed by atoms with van der Waals surface area (Å²) < 4.78 is 38.7. The summed E-state index contributed by atoms with van der Waals surface area (Å²) in [6, 6.07) is 11.6. The zero-order chi connectivity index (χ0) is 19.9. The molecule has 2 heterocycles. The average molecular weight is 402 g/mol. The molecule has 0 saturated carbocycles. The van der Waals surface area contributed by atoms with Crippen molar-refractivity contribution in [2.45, 2.75) is 24.3 Å². The van der Waals surface area contributed by atoms with Crippen LogP contribution in [0.1, 0.15) is 12.0 Å². The summed E-state index contributed by atoms with van der Waals surface area (Å²) in [6.45, 7) is 0.0681. The van der Waals surface area contributed by atoms with E-state index < -0.39 is 21.7 Å². The summed E-state index contributed by atoms with van der Waals surface area (Å²) in [5.74, 6) is -1.36. The van der Waals surface area contributed by atoms with E-state index in [1.165, 1.54) is 29.6 Å². The Morgan fingerprint density at radius 1 is 1.21 bits per heavy atom. The van der Waals surface area contributed by atoms with E-state index in [0.29, 0.717) is 17.7 Å². The molecule has 28 heavy (non-hydrogen) atoms. The highest BCUT2D eigenvalue weighted by Crippen LogP contribution is 2.32. The van der Waals surface area contributed by atoms with Gasteiger partial charge in [0.15, 0.2) is 5.58 Å². The standard InChI is InChI=1S/C19H18N2O6S/c1-26-18(22)12-20-16-9-8-14(11-17(16)27-19(20)23)28(24,25)21-10-4-6-13-5-2-3-7-15(13)21/h2-3,5,7-9,11H,4,6,10,12H2,1H3. The Kier molecular flexibility index (Phi) is 4.46. The molecule has 9 heteroatoms. The Labute approximate surface area is 161 Å². The molecule has 4 rings (SSSR count). The second kappa shape index (κ2) is 6.83. The van der Waals surface area contributed by atoms with Gasteiger partial charge in [0.1, 0.15) is 6.54 Å². The molecule has 0 saturated heterocycles. The molecule has 1 aliphatic heterocycles. The summed E-state index contributed by atoms with van der Waals surface area (Å²) in [5, 5.41) is 0. The number of anilines is 1. The van der Waals surface area contributed by atoms with Crippen LogP contribution in [0.15, 0.2) is 56.6 Å². The maximum atomic E-state index is 13.2. The first-order valence-corrected chi connectivity index (χ1v) is 10.2. The largest absolute Gasteiger partial charge is 0.468 e. The van der Waals surface area contributed by atoms with Crippen LogP contribution in [0, 0.1) is 0 Å². The van der Waals surface area contributed by atoms with Crippen LogP contribution in [0.5, 0.6) is 0 Å². The predicted molar refractivity (Wildman–Crippen MR) is 102 cm³/mol. The molecular formula is C19H18N2O6S. The zero-order valence-corrected chi connectivity index (χ0v) is 15.9. The van der Waals surface area contributed by atoms with E-state index in [0.717, 1.165) is 23.0 Å². The fourth-order valence-electron chi connectivity index (χ4n) is 3.43. The van der Waals surface area contributed by atoms with Gasteiger partial charge in [-0.2, -0.15) is 0 Å². The van der Waals surface area contributed by atoms with Gasteiger partial charge < -0.3 is 9.15 Å². The molecule has 8 nitrogen and oxygen atoms in total. The van der Waals surface area contributed by atoms with Crippen molar-refractivity contribution in [3.05, 3.63) is 58.6 Å². The molecule has 0 amide bonds. The van der Waals surface area contributed by atoms with Gasteiger partial charge in [0, 0.05) is 12.6 Å². The van der Waals surface area contributed by atoms with Gasteiger partial charge in [0.05, 0.1) is 23.2 Å². The molecule has 0 N–H and O–H groups in total. The summed E-state index contributed by atoms with van der Waals surface area (Å²) in [4.78, 5) is 23.6. The first kappa shape index (κ1) is 18.3. The molecule has 3 aromatic rings. The highest BCUT2D eigenvalue weighted by Gasteiger charge is 2.29. The first-order valence-electron chi connectivity index (χ1n) is 8.72. The van der Waals surface area contributed by atoms with Gasteiger partial charge >= 0.3 is 11.7 Å². The highest BCUT2D eigenvalue weighted by atomic mass is 32.2. The van der Waals surface area contributed by atoms with E-state index in [4.69, 9.17) is 4.42 Å². The van der Waals surface area contributed by atoms with Crippen molar-refractivity contribution in [2.24, 2.45) is 0 Å². The number of methoxy groups -OCH3 is 1. The fraction of sp³-hybridized carbons (Fsp3) is 0.263. The molecule has 0 spiro atoms. The number of sulfonamides is 1. The SMILES string of the molecule is COC(=O)Cn1c(=O)oc2cc(S(=O)(=O)N3CCCc4ccccc43)ccc21. The number of ether oxygens (including phenoxy) is 1. The van der Waals surface area contributed by atoms with Crippen molar-refractivity contribution < 1.29 is 22.4 Å². The van der Waals surface area contributed by atoms with Crippen LogP contribution in [0.2, 0.25) is 0 Å². The van der Waals surface area contributed by atoms with Gasteiger partial charge in [-0.15, -0.1) is 0 Å². The third-order valence-corrected chi connectivity index (χ3v) is 6.62. The third-order valence-electron chi connectivity index (χ3n) is 4.81. The number of aryl methyl sites for hydroxylation is 1. The lowest BCUT2D eigenvalue weighted by Crippen LogP contribution is -2.35. The minimum Gasteiger partial charge on any atom is -0.468 e. The molecule has 0 atom stereocenters. The number of fused-ring (bicyclic) bond motifs is 2. The predicted octanol–water partition coefficient (Wildman–Crippen LogP) is 1.91. The number of nitrogens with zero attached hydrogens (tertiary/aromatic N) is 2. The second-order valence-corrected chi connectivity index (χ2v) is 8.33. The molecule has 2 aromatic carbocycles. The van der Waals surface area contributed by atoms with Crippen LogP contribution in [0.4, 0.5) is 5.69 Å². The van der Waals surface area contributed by atoms with Crippen molar-refractivity contribution in [3.63, 3.8) is 0 Å². The lowest BCUT2D eigenvalue weighted by atomic mass is 10.0. The number of para-hydroxylation sites is 1. The molecule has 146 valence electrons. The van der Waals surface area contributed by atoms with E-state index in [1.54, 1.807) is 6.07 Å². The molecule has 1 aliphatic rings. The summed E-state index contributed by atoms with van der Waals surface area (Å²) in [5.41, 5.74) is 2.07. The topological polar surface area (TPSA) is 98.8 Å². The number of carbonyl (C=O) groups is 1.